The summed E-state index contributed by atoms with van der Waals surface area (Å²) in [6, 6.07) is 4.16. The number of hydrogen-bond donors (Lipinski definition) is 0. The molecule has 0 bridgehead atoms. The molecule has 0 spiro atoms. The van der Waals surface area contributed by atoms with Crippen LogP contribution in [0.4, 0.5) is 4.39 Å². The number of aromatic nitrogens is 6. The van der Waals surface area contributed by atoms with Gasteiger partial charge in [-0.3, -0.25) is 0 Å². The van der Waals surface area contributed by atoms with Gasteiger partial charge >= 0.3 is 5.97 Å². The predicted molar refractivity (Wildman–Crippen MR) is 128 cm³/mol. The fourth-order valence-electron chi connectivity index (χ4n) is 3.16. The SMILES string of the molecule is CCOC(=O)c1cnn(-c2nc(OC)c3c(n2)c(Br)nn3[C@@H](C)c2ccc(F)c(Cl)c2)c1.S. The van der Waals surface area contributed by atoms with Crippen LogP contribution in [0.5, 0.6) is 5.88 Å². The molecular weight excluding hydrogens is 539 g/mol. The molecule has 33 heavy (non-hydrogen) atoms. The molecule has 0 N–H and O–H groups in total. The van der Waals surface area contributed by atoms with Crippen LogP contribution in [0.25, 0.3) is 17.0 Å². The van der Waals surface area contributed by atoms with Crippen LogP contribution in [0.2, 0.25) is 5.02 Å². The van der Waals surface area contributed by atoms with E-state index in [0.29, 0.717) is 15.6 Å². The highest BCUT2D eigenvalue weighted by Gasteiger charge is 2.23. The van der Waals surface area contributed by atoms with Crippen molar-refractivity contribution in [3.8, 4) is 11.8 Å². The minimum absolute atomic E-state index is 0. The van der Waals surface area contributed by atoms with E-state index in [1.807, 2.05) is 6.92 Å². The van der Waals surface area contributed by atoms with E-state index >= 15 is 0 Å². The van der Waals surface area contributed by atoms with Gasteiger partial charge in [0.15, 0.2) is 10.1 Å². The van der Waals surface area contributed by atoms with Crippen molar-refractivity contribution in [2.24, 2.45) is 0 Å². The monoisotopic (exact) mass is 556 g/mol. The first-order valence-corrected chi connectivity index (χ1v) is 10.7. The molecule has 0 unspecified atom stereocenters. The summed E-state index contributed by atoms with van der Waals surface area (Å²) in [5, 5.41) is 8.70. The number of hydrogen-bond acceptors (Lipinski definition) is 7. The van der Waals surface area contributed by atoms with E-state index in [-0.39, 0.29) is 48.6 Å². The van der Waals surface area contributed by atoms with Crippen molar-refractivity contribution < 1.29 is 18.7 Å². The van der Waals surface area contributed by atoms with E-state index in [2.05, 4.69) is 36.1 Å². The Bertz CT molecular complexity index is 1330. The quantitative estimate of drug-likeness (QED) is 0.323. The average molecular weight is 558 g/mol. The van der Waals surface area contributed by atoms with Crippen molar-refractivity contribution in [3.05, 3.63) is 57.2 Å². The second-order valence-electron chi connectivity index (χ2n) is 6.71. The molecule has 174 valence electrons. The molecular formula is C20H19BrClFN6O3S. The normalized spacial score (nSPS) is 11.8. The maximum Gasteiger partial charge on any atom is 0.341 e. The van der Waals surface area contributed by atoms with Gasteiger partial charge in [-0.05, 0) is 47.5 Å². The molecule has 1 aromatic carbocycles. The number of ether oxygens (including phenoxy) is 2. The van der Waals surface area contributed by atoms with Crippen LogP contribution in [0.1, 0.15) is 35.8 Å². The van der Waals surface area contributed by atoms with Crippen LogP contribution in [0.15, 0.2) is 35.2 Å². The van der Waals surface area contributed by atoms with Gasteiger partial charge in [0.2, 0.25) is 5.88 Å². The molecule has 0 aliphatic rings. The smallest absolute Gasteiger partial charge is 0.341 e. The van der Waals surface area contributed by atoms with E-state index in [1.165, 1.54) is 30.3 Å². The van der Waals surface area contributed by atoms with E-state index < -0.39 is 11.8 Å². The molecule has 0 radical (unpaired) electrons. The molecule has 4 rings (SSSR count). The number of rotatable bonds is 6. The van der Waals surface area contributed by atoms with Crippen molar-refractivity contribution >= 4 is 58.0 Å². The summed E-state index contributed by atoms with van der Waals surface area (Å²) in [4.78, 5) is 20.9. The molecule has 0 aliphatic carbocycles. The number of halogens is 3. The number of carbonyl (C=O) groups excluding carboxylic acids is 1. The molecule has 3 aromatic heterocycles. The Morgan fingerprint density at radius 3 is 2.76 bits per heavy atom. The van der Waals surface area contributed by atoms with Crippen LogP contribution in [0, 0.1) is 5.82 Å². The first-order chi connectivity index (χ1) is 15.3. The molecule has 13 heteroatoms. The van der Waals surface area contributed by atoms with Crippen LogP contribution in [0.3, 0.4) is 0 Å². The number of carbonyl (C=O) groups is 1. The van der Waals surface area contributed by atoms with Crippen LogP contribution in [-0.4, -0.2) is 49.2 Å². The zero-order valence-corrected chi connectivity index (χ0v) is 21.1. The lowest BCUT2D eigenvalue weighted by atomic mass is 10.1. The van der Waals surface area contributed by atoms with Gasteiger partial charge < -0.3 is 9.47 Å². The fourth-order valence-corrected chi connectivity index (χ4v) is 3.79. The van der Waals surface area contributed by atoms with Crippen molar-refractivity contribution in [1.82, 2.24) is 29.5 Å². The molecule has 0 amide bonds. The van der Waals surface area contributed by atoms with E-state index in [0.717, 1.165) is 5.56 Å². The van der Waals surface area contributed by atoms with Gasteiger partial charge in [0.25, 0.3) is 5.95 Å². The van der Waals surface area contributed by atoms with Crippen molar-refractivity contribution in [1.29, 1.82) is 0 Å². The average Bonchev–Trinajstić information content (AvgIpc) is 3.40. The lowest BCUT2D eigenvalue weighted by molar-refractivity contribution is 0.0526. The van der Waals surface area contributed by atoms with E-state index in [9.17, 15) is 9.18 Å². The fraction of sp³-hybridized carbons (Fsp3) is 0.250. The first kappa shape index (κ1) is 24.9. The summed E-state index contributed by atoms with van der Waals surface area (Å²) < 4.78 is 27.6. The maximum atomic E-state index is 13.6. The van der Waals surface area contributed by atoms with Gasteiger partial charge in [-0.2, -0.15) is 28.7 Å². The molecule has 1 atom stereocenters. The molecule has 0 fully saturated rings. The lowest BCUT2D eigenvalue weighted by Gasteiger charge is -2.15. The highest BCUT2D eigenvalue weighted by atomic mass is 79.9. The highest BCUT2D eigenvalue weighted by Crippen LogP contribution is 2.33. The number of nitrogens with zero attached hydrogens (tertiary/aromatic N) is 6. The Balaban J connectivity index is 0.00000306. The minimum Gasteiger partial charge on any atom is -0.479 e. The Kier molecular flexibility index (Phi) is 7.60. The predicted octanol–water partition coefficient (Wildman–Crippen LogP) is 4.47. The Morgan fingerprint density at radius 2 is 2.09 bits per heavy atom. The standard InChI is InChI=1S/C20H17BrClFN6O3.H2S/c1-4-32-19(30)12-8-24-28(9-12)20-25-15-16(18(26-20)31-3)29(27-17(15)21)10(2)11-5-6-14(23)13(22)7-11;/h5-10H,4H2,1-3H3;1H2/t10-;/m0./s1. The van der Waals surface area contributed by atoms with E-state index in [1.54, 1.807) is 23.7 Å². The van der Waals surface area contributed by atoms with Crippen LogP contribution >= 0.6 is 41.0 Å². The number of esters is 1. The summed E-state index contributed by atoms with van der Waals surface area (Å²) in [5.74, 6) is -0.562. The number of methoxy groups -OCH3 is 1. The summed E-state index contributed by atoms with van der Waals surface area (Å²) in [5.41, 5.74) is 2.01. The third-order valence-corrected chi connectivity index (χ3v) is 5.57. The zero-order valence-electron chi connectivity index (χ0n) is 17.7. The summed E-state index contributed by atoms with van der Waals surface area (Å²) in [6.45, 7) is 3.86. The maximum absolute atomic E-state index is 13.6. The van der Waals surface area contributed by atoms with Gasteiger partial charge in [-0.25, -0.2) is 23.5 Å². The molecule has 9 nitrogen and oxygen atoms in total. The minimum atomic E-state index is -0.499. The van der Waals surface area contributed by atoms with E-state index in [4.69, 9.17) is 21.1 Å². The Hall–Kier alpha value is -2.70. The van der Waals surface area contributed by atoms with Crippen molar-refractivity contribution in [2.45, 2.75) is 19.9 Å². The topological polar surface area (TPSA) is 96.9 Å². The van der Waals surface area contributed by atoms with Gasteiger partial charge in [0.1, 0.15) is 11.3 Å². The Labute approximate surface area is 208 Å². The number of fused-ring (bicyclic) bond motifs is 1. The third kappa shape index (κ3) is 4.68. The third-order valence-electron chi connectivity index (χ3n) is 4.75. The van der Waals surface area contributed by atoms with Gasteiger partial charge in [-0.15, -0.1) is 0 Å². The summed E-state index contributed by atoms with van der Waals surface area (Å²) >= 11 is 9.39. The van der Waals surface area contributed by atoms with Crippen molar-refractivity contribution in [2.75, 3.05) is 13.7 Å². The summed E-state index contributed by atoms with van der Waals surface area (Å²) in [7, 11) is 1.48. The highest BCUT2D eigenvalue weighted by molar-refractivity contribution is 9.10. The largest absolute Gasteiger partial charge is 0.479 e. The van der Waals surface area contributed by atoms with Crippen LogP contribution in [-0.2, 0) is 4.74 Å². The molecule has 0 saturated carbocycles. The summed E-state index contributed by atoms with van der Waals surface area (Å²) in [6.07, 6.45) is 2.84. The molecule has 3 heterocycles. The van der Waals surface area contributed by atoms with Gasteiger partial charge in [-0.1, -0.05) is 17.7 Å². The number of benzene rings is 1. The Morgan fingerprint density at radius 1 is 1.33 bits per heavy atom. The molecule has 0 saturated heterocycles. The van der Waals surface area contributed by atoms with Crippen LogP contribution < -0.4 is 4.74 Å². The molecule has 4 aromatic rings. The zero-order chi connectivity index (χ0) is 23.0. The second kappa shape index (κ2) is 10.1. The first-order valence-electron chi connectivity index (χ1n) is 9.50. The second-order valence-corrected chi connectivity index (χ2v) is 7.87. The lowest BCUT2D eigenvalue weighted by Crippen LogP contribution is -2.11. The van der Waals surface area contributed by atoms with Gasteiger partial charge in [0, 0.05) is 6.20 Å². The molecule has 0 aliphatic heterocycles. The van der Waals surface area contributed by atoms with Gasteiger partial charge in [0.05, 0.1) is 36.5 Å². The van der Waals surface area contributed by atoms with Crippen molar-refractivity contribution in [3.63, 3.8) is 0 Å².